The molecule has 10 heteroatoms. The van der Waals surface area contributed by atoms with E-state index in [-0.39, 0.29) is 6.42 Å². The Bertz CT molecular complexity index is 439. The number of nitrogens with one attached hydrogen (secondary N) is 1. The van der Waals surface area contributed by atoms with Gasteiger partial charge in [-0.05, 0) is 6.42 Å². The standard InChI is InChI=1S/C12H15NO9/c13-7(21-10(18)5-2-8(14)15)1-4-11(19)22-12(20)6-3-9(16)17/h13H,1-6H2,(H,14,15)(H,16,17)/p-1. The van der Waals surface area contributed by atoms with Gasteiger partial charge in [-0.15, -0.1) is 0 Å². The lowest BCUT2D eigenvalue weighted by Crippen LogP contribution is -2.23. The van der Waals surface area contributed by atoms with Crippen LogP contribution in [0, 0.1) is 5.41 Å². The Kier molecular flexibility index (Phi) is 8.75. The maximum atomic E-state index is 11.2. The molecule has 0 aliphatic heterocycles. The van der Waals surface area contributed by atoms with E-state index in [1.165, 1.54) is 0 Å². The van der Waals surface area contributed by atoms with Crippen LogP contribution in [0.1, 0.15) is 38.5 Å². The molecule has 0 bridgehead atoms. The van der Waals surface area contributed by atoms with Crippen LogP contribution >= 0.6 is 0 Å². The topological polar surface area (TPSA) is 171 Å². The maximum Gasteiger partial charge on any atom is 0.314 e. The number of hydrogen-bond acceptors (Lipinski definition) is 9. The van der Waals surface area contributed by atoms with Gasteiger partial charge in [0.2, 0.25) is 0 Å². The number of ether oxygens (including phenoxy) is 2. The van der Waals surface area contributed by atoms with Crippen LogP contribution in [0.3, 0.4) is 0 Å². The van der Waals surface area contributed by atoms with Gasteiger partial charge in [0.15, 0.2) is 5.90 Å². The van der Waals surface area contributed by atoms with Gasteiger partial charge in [0.25, 0.3) is 0 Å². The predicted octanol–water partition coefficient (Wildman–Crippen LogP) is -1.25. The second-order valence-corrected chi connectivity index (χ2v) is 4.01. The number of carboxylic acids is 2. The minimum atomic E-state index is -1.44. The van der Waals surface area contributed by atoms with Crippen molar-refractivity contribution < 1.29 is 43.7 Å². The second kappa shape index (κ2) is 10.0. The molecule has 0 aliphatic carbocycles. The normalized spacial score (nSPS) is 9.64. The Morgan fingerprint density at radius 2 is 1.23 bits per heavy atom. The van der Waals surface area contributed by atoms with E-state index in [0.29, 0.717) is 0 Å². The Morgan fingerprint density at radius 1 is 0.773 bits per heavy atom. The van der Waals surface area contributed by atoms with Crippen molar-refractivity contribution in [3.05, 3.63) is 0 Å². The first-order valence-electron chi connectivity index (χ1n) is 6.14. The van der Waals surface area contributed by atoms with Gasteiger partial charge in [-0.1, -0.05) is 0 Å². The van der Waals surface area contributed by atoms with E-state index in [2.05, 4.69) is 9.47 Å². The molecule has 22 heavy (non-hydrogen) atoms. The van der Waals surface area contributed by atoms with E-state index >= 15 is 0 Å². The molecule has 2 N–H and O–H groups in total. The summed E-state index contributed by atoms with van der Waals surface area (Å²) in [4.78, 5) is 53.6. The first-order valence-corrected chi connectivity index (χ1v) is 6.14. The Labute approximate surface area is 124 Å². The van der Waals surface area contributed by atoms with Crippen LogP contribution in [0.5, 0.6) is 0 Å². The highest BCUT2D eigenvalue weighted by atomic mass is 16.6. The molecule has 0 aromatic heterocycles. The van der Waals surface area contributed by atoms with Gasteiger partial charge in [-0.25, -0.2) is 0 Å². The van der Waals surface area contributed by atoms with E-state index in [9.17, 15) is 29.1 Å². The van der Waals surface area contributed by atoms with E-state index in [1.807, 2.05) is 0 Å². The maximum absolute atomic E-state index is 11.2. The summed E-state index contributed by atoms with van der Waals surface area (Å²) in [5.41, 5.74) is 0. The van der Waals surface area contributed by atoms with Crippen LogP contribution in [0.15, 0.2) is 0 Å². The third-order valence-electron chi connectivity index (χ3n) is 2.10. The van der Waals surface area contributed by atoms with Crippen molar-refractivity contribution >= 4 is 35.7 Å². The van der Waals surface area contributed by atoms with Crippen molar-refractivity contribution in [1.82, 2.24) is 0 Å². The zero-order valence-electron chi connectivity index (χ0n) is 11.5. The smallest absolute Gasteiger partial charge is 0.314 e. The highest BCUT2D eigenvalue weighted by Crippen LogP contribution is 2.01. The molecule has 0 radical (unpaired) electrons. The molecule has 0 aromatic rings. The summed E-state index contributed by atoms with van der Waals surface area (Å²) in [5, 5.41) is 25.7. The summed E-state index contributed by atoms with van der Waals surface area (Å²) < 4.78 is 8.69. The summed E-state index contributed by atoms with van der Waals surface area (Å²) in [5.74, 6) is -6.20. The SMILES string of the molecule is N=C(CCC(=O)OC(=O)CCC(=O)O)OC(=O)CCC(=O)[O-]. The number of carbonyl (C=O) groups excluding carboxylic acids is 4. The molecule has 0 saturated heterocycles. The highest BCUT2D eigenvalue weighted by molar-refractivity contribution is 5.91. The molecular formula is C12H14NO9-. The van der Waals surface area contributed by atoms with Crippen molar-refractivity contribution in [3.8, 4) is 0 Å². The Hall–Kier alpha value is -2.78. The number of esters is 3. The third kappa shape index (κ3) is 11.1. The molecule has 122 valence electrons. The minimum Gasteiger partial charge on any atom is -0.550 e. The van der Waals surface area contributed by atoms with Crippen molar-refractivity contribution in [2.24, 2.45) is 0 Å². The van der Waals surface area contributed by atoms with Gasteiger partial charge in [-0.3, -0.25) is 24.6 Å². The average molecular weight is 316 g/mol. The van der Waals surface area contributed by atoms with Crippen LogP contribution in [0.2, 0.25) is 0 Å². The minimum absolute atomic E-state index is 0.331. The van der Waals surface area contributed by atoms with Crippen LogP contribution in [-0.2, 0) is 33.4 Å². The third-order valence-corrected chi connectivity index (χ3v) is 2.10. The van der Waals surface area contributed by atoms with Crippen LogP contribution in [0.4, 0.5) is 0 Å². The Balaban J connectivity index is 3.92. The summed E-state index contributed by atoms with van der Waals surface area (Å²) >= 11 is 0. The van der Waals surface area contributed by atoms with Gasteiger partial charge < -0.3 is 24.5 Å². The first-order chi connectivity index (χ1) is 10.2. The quantitative estimate of drug-likeness (QED) is 0.228. The molecule has 0 spiro atoms. The van der Waals surface area contributed by atoms with E-state index in [1.54, 1.807) is 0 Å². The van der Waals surface area contributed by atoms with Crippen molar-refractivity contribution in [2.45, 2.75) is 38.5 Å². The van der Waals surface area contributed by atoms with E-state index in [0.717, 1.165) is 0 Å². The van der Waals surface area contributed by atoms with Gasteiger partial charge >= 0.3 is 23.9 Å². The summed E-state index contributed by atoms with van der Waals surface area (Å²) in [6, 6.07) is 0. The van der Waals surface area contributed by atoms with E-state index in [4.69, 9.17) is 10.5 Å². The molecule has 0 aromatic carbocycles. The fraction of sp³-hybridized carbons (Fsp3) is 0.500. The Morgan fingerprint density at radius 3 is 1.73 bits per heavy atom. The molecule has 10 nitrogen and oxygen atoms in total. The molecule has 0 amide bonds. The average Bonchev–Trinajstić information content (AvgIpc) is 2.40. The first kappa shape index (κ1) is 19.2. The fourth-order valence-electron chi connectivity index (χ4n) is 1.10. The molecule has 0 fully saturated rings. The van der Waals surface area contributed by atoms with Crippen LogP contribution in [-0.4, -0.2) is 40.9 Å². The zero-order chi connectivity index (χ0) is 17.1. The second-order valence-electron chi connectivity index (χ2n) is 4.01. The molecule has 0 aliphatic rings. The number of aliphatic carboxylic acids is 2. The zero-order valence-corrected chi connectivity index (χ0v) is 11.5. The van der Waals surface area contributed by atoms with Gasteiger partial charge in [0.1, 0.15) is 0 Å². The molecular weight excluding hydrogens is 302 g/mol. The summed E-state index contributed by atoms with van der Waals surface area (Å²) in [7, 11) is 0. The molecule has 0 atom stereocenters. The molecule has 0 rings (SSSR count). The van der Waals surface area contributed by atoms with Crippen molar-refractivity contribution in [2.75, 3.05) is 0 Å². The largest absolute Gasteiger partial charge is 0.550 e. The lowest BCUT2D eigenvalue weighted by Gasteiger charge is -2.06. The van der Waals surface area contributed by atoms with Gasteiger partial charge in [0, 0.05) is 12.4 Å². The van der Waals surface area contributed by atoms with Gasteiger partial charge in [0.05, 0.1) is 25.7 Å². The van der Waals surface area contributed by atoms with E-state index < -0.39 is 67.8 Å². The van der Waals surface area contributed by atoms with Crippen LogP contribution in [0.25, 0.3) is 0 Å². The predicted molar refractivity (Wildman–Crippen MR) is 65.3 cm³/mol. The van der Waals surface area contributed by atoms with Crippen molar-refractivity contribution in [1.29, 1.82) is 5.41 Å². The number of hydrogen-bond donors (Lipinski definition) is 2. The molecule has 0 heterocycles. The fourth-order valence-corrected chi connectivity index (χ4v) is 1.10. The summed E-state index contributed by atoms with van der Waals surface area (Å²) in [6.07, 6.45) is -2.71. The number of rotatable bonds is 9. The lowest BCUT2D eigenvalue weighted by molar-refractivity contribution is -0.305. The monoisotopic (exact) mass is 316 g/mol. The molecule has 0 unspecified atom stereocenters. The highest BCUT2D eigenvalue weighted by Gasteiger charge is 2.14. The number of carbonyl (C=O) groups is 5. The number of carboxylic acid groups (broad SMARTS) is 2. The summed E-state index contributed by atoms with van der Waals surface area (Å²) in [6.45, 7) is 0. The van der Waals surface area contributed by atoms with Crippen LogP contribution < -0.4 is 5.11 Å². The van der Waals surface area contributed by atoms with Gasteiger partial charge in [-0.2, -0.15) is 0 Å². The molecule has 0 saturated carbocycles. The lowest BCUT2D eigenvalue weighted by atomic mass is 10.3. The van der Waals surface area contributed by atoms with Crippen molar-refractivity contribution in [3.63, 3.8) is 0 Å².